The van der Waals surface area contributed by atoms with E-state index >= 15 is 0 Å². The predicted molar refractivity (Wildman–Crippen MR) is 117 cm³/mol. The van der Waals surface area contributed by atoms with Crippen molar-refractivity contribution in [1.29, 1.82) is 0 Å². The summed E-state index contributed by atoms with van der Waals surface area (Å²) in [6, 6.07) is 13.6. The molecule has 0 amide bonds. The van der Waals surface area contributed by atoms with Gasteiger partial charge in [-0.25, -0.2) is 14.2 Å². The maximum absolute atomic E-state index is 13.2. The molecule has 2 aromatic heterocycles. The van der Waals surface area contributed by atoms with Crippen molar-refractivity contribution in [3.63, 3.8) is 0 Å². The molecule has 0 unspecified atom stereocenters. The van der Waals surface area contributed by atoms with Crippen LogP contribution in [0, 0.1) is 5.82 Å². The maximum atomic E-state index is 13.2. The van der Waals surface area contributed by atoms with Crippen LogP contribution in [0.4, 0.5) is 4.39 Å². The highest BCUT2D eigenvalue weighted by atomic mass is 35.5. The lowest BCUT2D eigenvalue weighted by molar-refractivity contribution is 0.627. The lowest BCUT2D eigenvalue weighted by Crippen LogP contribution is -2.37. The normalized spacial score (nSPS) is 11.3. The highest BCUT2D eigenvalue weighted by molar-refractivity contribution is 7.98. The Morgan fingerprint density at radius 2 is 1.73 bits per heavy atom. The van der Waals surface area contributed by atoms with Crippen LogP contribution in [0.25, 0.3) is 11.2 Å². The molecule has 0 bridgehead atoms. The zero-order chi connectivity index (χ0) is 21.4. The van der Waals surface area contributed by atoms with Crippen LogP contribution in [0.2, 0.25) is 5.02 Å². The zero-order valence-electron chi connectivity index (χ0n) is 16.3. The van der Waals surface area contributed by atoms with Crippen molar-refractivity contribution in [1.82, 2.24) is 18.7 Å². The number of benzene rings is 2. The van der Waals surface area contributed by atoms with Crippen LogP contribution in [-0.2, 0) is 26.4 Å². The summed E-state index contributed by atoms with van der Waals surface area (Å²) in [5.74, 6) is 0.230. The molecule has 0 aliphatic carbocycles. The fraction of sp³-hybridized carbons (Fsp3) is 0.190. The molecule has 0 saturated heterocycles. The van der Waals surface area contributed by atoms with Gasteiger partial charge in [0, 0.05) is 24.9 Å². The number of hydrogen-bond donors (Lipinski definition) is 0. The van der Waals surface area contributed by atoms with E-state index in [1.807, 2.05) is 18.2 Å². The Morgan fingerprint density at radius 1 is 1.03 bits per heavy atom. The van der Waals surface area contributed by atoms with Crippen molar-refractivity contribution in [3.05, 3.63) is 91.3 Å². The van der Waals surface area contributed by atoms with Gasteiger partial charge in [0.1, 0.15) is 5.82 Å². The Labute approximate surface area is 180 Å². The van der Waals surface area contributed by atoms with Crippen LogP contribution in [-0.4, -0.2) is 18.7 Å². The Balaban J connectivity index is 1.85. The number of hydrogen-bond acceptors (Lipinski definition) is 4. The molecule has 0 aliphatic rings. The van der Waals surface area contributed by atoms with Gasteiger partial charge in [0.2, 0.25) is 0 Å². The number of rotatable bonds is 5. The zero-order valence-corrected chi connectivity index (χ0v) is 17.9. The first-order chi connectivity index (χ1) is 14.4. The molecule has 0 atom stereocenters. The van der Waals surface area contributed by atoms with Crippen LogP contribution in [0.5, 0.6) is 0 Å². The van der Waals surface area contributed by atoms with Gasteiger partial charge in [-0.3, -0.25) is 13.9 Å². The van der Waals surface area contributed by atoms with Gasteiger partial charge in [0.25, 0.3) is 5.56 Å². The lowest BCUT2D eigenvalue weighted by atomic mass is 10.2. The minimum absolute atomic E-state index is 0.298. The summed E-state index contributed by atoms with van der Waals surface area (Å²) >= 11 is 7.75. The van der Waals surface area contributed by atoms with E-state index in [2.05, 4.69) is 4.98 Å². The standard InChI is InChI=1S/C21H18ClFN4O2S/c1-25-18-17(19(28)26(2)21(25)29)27(11-14-5-3-4-6-16(14)22)20(24-18)30-12-13-7-9-15(23)10-8-13/h3-10H,11-12H2,1-2H3. The van der Waals surface area contributed by atoms with E-state index in [1.165, 1.54) is 35.5 Å². The van der Waals surface area contributed by atoms with Gasteiger partial charge < -0.3 is 4.57 Å². The van der Waals surface area contributed by atoms with Gasteiger partial charge >= 0.3 is 5.69 Å². The van der Waals surface area contributed by atoms with E-state index in [9.17, 15) is 14.0 Å². The van der Waals surface area contributed by atoms with E-state index in [1.54, 1.807) is 29.8 Å². The minimum Gasteiger partial charge on any atom is -0.309 e. The van der Waals surface area contributed by atoms with E-state index in [-0.39, 0.29) is 5.82 Å². The third-order valence-corrected chi connectivity index (χ3v) is 6.30. The molecule has 154 valence electrons. The number of nitrogens with zero attached hydrogens (tertiary/aromatic N) is 4. The molecule has 0 radical (unpaired) electrons. The molecule has 6 nitrogen and oxygen atoms in total. The first-order valence-electron chi connectivity index (χ1n) is 9.13. The van der Waals surface area contributed by atoms with Gasteiger partial charge in [-0.05, 0) is 29.3 Å². The topological polar surface area (TPSA) is 61.8 Å². The summed E-state index contributed by atoms with van der Waals surface area (Å²) in [5.41, 5.74) is 1.54. The fourth-order valence-corrected chi connectivity index (χ4v) is 4.36. The van der Waals surface area contributed by atoms with Gasteiger partial charge in [-0.1, -0.05) is 53.7 Å². The van der Waals surface area contributed by atoms with Crippen molar-refractivity contribution in [2.75, 3.05) is 0 Å². The van der Waals surface area contributed by atoms with E-state index in [0.29, 0.717) is 33.6 Å². The van der Waals surface area contributed by atoms with Crippen molar-refractivity contribution in [2.24, 2.45) is 14.1 Å². The van der Waals surface area contributed by atoms with E-state index in [4.69, 9.17) is 11.6 Å². The number of aryl methyl sites for hydroxylation is 1. The molecule has 0 N–H and O–H groups in total. The maximum Gasteiger partial charge on any atom is 0.332 e. The second-order valence-corrected chi connectivity index (χ2v) is 8.21. The van der Waals surface area contributed by atoms with Gasteiger partial charge in [0.15, 0.2) is 16.3 Å². The second kappa shape index (κ2) is 8.12. The van der Waals surface area contributed by atoms with Gasteiger partial charge in [0.05, 0.1) is 6.54 Å². The number of aromatic nitrogens is 4. The van der Waals surface area contributed by atoms with Crippen molar-refractivity contribution in [3.8, 4) is 0 Å². The first-order valence-corrected chi connectivity index (χ1v) is 10.5. The predicted octanol–water partition coefficient (Wildman–Crippen LogP) is 3.57. The Morgan fingerprint density at radius 3 is 2.43 bits per heavy atom. The first kappa shape index (κ1) is 20.4. The monoisotopic (exact) mass is 444 g/mol. The summed E-state index contributed by atoms with van der Waals surface area (Å²) in [5, 5.41) is 1.16. The molecular weight excluding hydrogens is 427 g/mol. The molecule has 0 saturated carbocycles. The summed E-state index contributed by atoms with van der Waals surface area (Å²) in [4.78, 5) is 29.9. The Kier molecular flexibility index (Phi) is 5.53. The summed E-state index contributed by atoms with van der Waals surface area (Å²) in [7, 11) is 3.04. The molecule has 0 fully saturated rings. The molecule has 0 spiro atoms. The molecule has 30 heavy (non-hydrogen) atoms. The van der Waals surface area contributed by atoms with Crippen molar-refractivity contribution in [2.45, 2.75) is 17.5 Å². The van der Waals surface area contributed by atoms with E-state index in [0.717, 1.165) is 15.7 Å². The van der Waals surface area contributed by atoms with Gasteiger partial charge in [-0.2, -0.15) is 0 Å². The number of halogens is 2. The van der Waals surface area contributed by atoms with Gasteiger partial charge in [-0.15, -0.1) is 0 Å². The quantitative estimate of drug-likeness (QED) is 0.441. The van der Waals surface area contributed by atoms with Crippen LogP contribution in [0.15, 0.2) is 63.3 Å². The Hall–Kier alpha value is -2.84. The molecule has 2 heterocycles. The molecular formula is C21H18ClFN4O2S. The number of fused-ring (bicyclic) bond motifs is 1. The SMILES string of the molecule is Cn1c(=O)c2c(nc(SCc3ccc(F)cc3)n2Cc2ccccc2Cl)n(C)c1=O. The average Bonchev–Trinajstić information content (AvgIpc) is 3.10. The van der Waals surface area contributed by atoms with Crippen molar-refractivity contribution >= 4 is 34.5 Å². The highest BCUT2D eigenvalue weighted by Gasteiger charge is 2.20. The van der Waals surface area contributed by atoms with E-state index < -0.39 is 11.2 Å². The molecule has 4 aromatic rings. The fourth-order valence-electron chi connectivity index (χ4n) is 3.21. The van der Waals surface area contributed by atoms with Crippen LogP contribution < -0.4 is 11.2 Å². The van der Waals surface area contributed by atoms with Crippen LogP contribution >= 0.6 is 23.4 Å². The summed E-state index contributed by atoms with van der Waals surface area (Å²) in [6.07, 6.45) is 0. The van der Waals surface area contributed by atoms with Crippen molar-refractivity contribution < 1.29 is 4.39 Å². The Bertz CT molecular complexity index is 1360. The molecule has 4 rings (SSSR count). The minimum atomic E-state index is -0.440. The van der Waals surface area contributed by atoms with Crippen LogP contribution in [0.3, 0.4) is 0 Å². The second-order valence-electron chi connectivity index (χ2n) is 6.87. The van der Waals surface area contributed by atoms with Crippen LogP contribution in [0.1, 0.15) is 11.1 Å². The smallest absolute Gasteiger partial charge is 0.309 e. The number of thioether (sulfide) groups is 1. The largest absolute Gasteiger partial charge is 0.332 e. The molecule has 9 heteroatoms. The average molecular weight is 445 g/mol. The summed E-state index contributed by atoms with van der Waals surface area (Å²) in [6.45, 7) is 0.329. The molecule has 2 aromatic carbocycles. The third kappa shape index (κ3) is 3.68. The highest BCUT2D eigenvalue weighted by Crippen LogP contribution is 2.27. The molecule has 0 aliphatic heterocycles. The number of imidazole rings is 1. The third-order valence-electron chi connectivity index (χ3n) is 4.88. The summed E-state index contributed by atoms with van der Waals surface area (Å²) < 4.78 is 17.4. The lowest BCUT2D eigenvalue weighted by Gasteiger charge is -2.11.